The maximum absolute atomic E-state index is 12.7. The molecule has 4 aromatic rings. The van der Waals surface area contributed by atoms with Crippen LogP contribution in [0.15, 0.2) is 54.6 Å². The summed E-state index contributed by atoms with van der Waals surface area (Å²) in [6, 6.07) is 9.45. The molecule has 11 heteroatoms. The van der Waals surface area contributed by atoms with Crippen molar-refractivity contribution in [3.63, 3.8) is 0 Å². The third-order valence-electron chi connectivity index (χ3n) is 5.14. The highest BCUT2D eigenvalue weighted by atomic mass is 32.1. The van der Waals surface area contributed by atoms with Crippen molar-refractivity contribution >= 4 is 28.2 Å². The van der Waals surface area contributed by atoms with Gasteiger partial charge in [0.1, 0.15) is 18.3 Å². The maximum atomic E-state index is 12.7. The van der Waals surface area contributed by atoms with Gasteiger partial charge >= 0.3 is 0 Å². The van der Waals surface area contributed by atoms with Gasteiger partial charge in [-0.15, -0.1) is 21.5 Å². The minimum Gasteiger partial charge on any atom is -0.355 e. The van der Waals surface area contributed by atoms with Crippen molar-refractivity contribution in [3.8, 4) is 17.2 Å². The molecule has 0 bridgehead atoms. The Balaban J connectivity index is 1.16. The average Bonchev–Trinajstić information content (AvgIpc) is 3.53. The number of hydrogen-bond acceptors (Lipinski definition) is 9. The topological polar surface area (TPSA) is 115 Å². The number of pyridine rings is 1. The van der Waals surface area contributed by atoms with Crippen LogP contribution in [0.5, 0.6) is 0 Å². The number of hydrogen-bond donors (Lipinski definition) is 1. The minimum atomic E-state index is -0.0548. The van der Waals surface area contributed by atoms with Crippen molar-refractivity contribution in [2.24, 2.45) is 5.92 Å². The Morgan fingerprint density at radius 3 is 2.61 bits per heavy atom. The fraction of sp³-hybridized carbons (Fsp3) is 0.250. The zero-order chi connectivity index (χ0) is 21.0. The van der Waals surface area contributed by atoms with E-state index in [2.05, 4.69) is 40.5 Å². The van der Waals surface area contributed by atoms with E-state index in [1.165, 1.54) is 17.7 Å². The van der Waals surface area contributed by atoms with Crippen LogP contribution in [0.25, 0.3) is 17.2 Å². The number of rotatable bonds is 5. The van der Waals surface area contributed by atoms with Crippen molar-refractivity contribution in [3.05, 3.63) is 54.6 Å². The fourth-order valence-electron chi connectivity index (χ4n) is 3.48. The number of amides is 1. The Morgan fingerprint density at radius 2 is 1.90 bits per heavy atom. The lowest BCUT2D eigenvalue weighted by Gasteiger charge is -2.31. The lowest BCUT2D eigenvalue weighted by molar-refractivity contribution is -0.120. The first-order valence-electron chi connectivity index (χ1n) is 9.88. The number of nitrogens with one attached hydrogen (secondary N) is 1. The van der Waals surface area contributed by atoms with E-state index >= 15 is 0 Å². The van der Waals surface area contributed by atoms with Crippen LogP contribution in [-0.2, 0) is 4.79 Å². The van der Waals surface area contributed by atoms with E-state index in [9.17, 15) is 4.79 Å². The number of aromatic nitrogens is 7. The molecule has 1 fully saturated rings. The van der Waals surface area contributed by atoms with E-state index in [1.807, 2.05) is 35.7 Å². The van der Waals surface area contributed by atoms with Crippen molar-refractivity contribution in [1.82, 2.24) is 34.9 Å². The Hall–Kier alpha value is -3.73. The molecule has 1 aliphatic heterocycles. The number of nitrogens with zero attached hydrogens (tertiary/aromatic N) is 8. The predicted molar refractivity (Wildman–Crippen MR) is 116 cm³/mol. The van der Waals surface area contributed by atoms with Gasteiger partial charge in [0.25, 0.3) is 0 Å². The number of thiazole rings is 1. The first kappa shape index (κ1) is 19.2. The molecule has 156 valence electrons. The summed E-state index contributed by atoms with van der Waals surface area (Å²) in [4.78, 5) is 27.6. The van der Waals surface area contributed by atoms with Gasteiger partial charge in [-0.3, -0.25) is 9.78 Å². The van der Waals surface area contributed by atoms with Gasteiger partial charge in [-0.25, -0.2) is 14.6 Å². The van der Waals surface area contributed by atoms with Crippen molar-refractivity contribution in [1.29, 1.82) is 0 Å². The molecule has 1 amide bonds. The lowest BCUT2D eigenvalue weighted by Crippen LogP contribution is -2.38. The molecule has 0 saturated carbocycles. The second-order valence-corrected chi connectivity index (χ2v) is 7.95. The molecule has 0 aromatic carbocycles. The molecule has 5 rings (SSSR count). The SMILES string of the molecule is O=C(Nc1nc(-c2ccccn2)cs1)C1CCN(c2ccc(-n3cncn3)nn2)CC1. The summed E-state index contributed by atoms with van der Waals surface area (Å²) in [5.74, 6) is 1.36. The van der Waals surface area contributed by atoms with Gasteiger partial charge in [0.15, 0.2) is 16.8 Å². The van der Waals surface area contributed by atoms with Crippen LogP contribution < -0.4 is 10.2 Å². The van der Waals surface area contributed by atoms with Gasteiger partial charge in [-0.1, -0.05) is 6.07 Å². The van der Waals surface area contributed by atoms with Gasteiger partial charge < -0.3 is 10.2 Å². The molecule has 0 unspecified atom stereocenters. The normalized spacial score (nSPS) is 14.5. The van der Waals surface area contributed by atoms with E-state index in [0.717, 1.165) is 43.1 Å². The van der Waals surface area contributed by atoms with Crippen LogP contribution in [0.4, 0.5) is 10.9 Å². The summed E-state index contributed by atoms with van der Waals surface area (Å²) in [5.41, 5.74) is 1.56. The highest BCUT2D eigenvalue weighted by Crippen LogP contribution is 2.26. The molecule has 1 aliphatic rings. The minimum absolute atomic E-state index is 0.00850. The molecule has 0 spiro atoms. The molecule has 5 heterocycles. The molecular formula is C20H19N9OS. The van der Waals surface area contributed by atoms with Crippen LogP contribution in [0.1, 0.15) is 12.8 Å². The molecule has 0 radical (unpaired) electrons. The third-order valence-corrected chi connectivity index (χ3v) is 5.90. The van der Waals surface area contributed by atoms with E-state index in [-0.39, 0.29) is 11.8 Å². The summed E-state index contributed by atoms with van der Waals surface area (Å²) < 4.78 is 1.56. The molecule has 4 aromatic heterocycles. The average molecular weight is 434 g/mol. The largest absolute Gasteiger partial charge is 0.355 e. The monoisotopic (exact) mass is 433 g/mol. The molecule has 0 atom stereocenters. The van der Waals surface area contributed by atoms with Crippen LogP contribution in [0.3, 0.4) is 0 Å². The van der Waals surface area contributed by atoms with Crippen LogP contribution in [-0.4, -0.2) is 53.9 Å². The van der Waals surface area contributed by atoms with Gasteiger partial charge in [0.2, 0.25) is 5.91 Å². The molecule has 0 aliphatic carbocycles. The van der Waals surface area contributed by atoms with E-state index in [1.54, 1.807) is 17.2 Å². The molecule has 1 saturated heterocycles. The Morgan fingerprint density at radius 1 is 1.06 bits per heavy atom. The molecule has 10 nitrogen and oxygen atoms in total. The van der Waals surface area contributed by atoms with E-state index in [0.29, 0.717) is 10.9 Å². The second kappa shape index (κ2) is 8.56. The fourth-order valence-corrected chi connectivity index (χ4v) is 4.18. The van der Waals surface area contributed by atoms with Gasteiger partial charge in [-0.05, 0) is 37.1 Å². The molecule has 1 N–H and O–H groups in total. The van der Waals surface area contributed by atoms with Gasteiger partial charge in [-0.2, -0.15) is 5.10 Å². The Labute approximate surface area is 182 Å². The molecular weight excluding hydrogens is 414 g/mol. The maximum Gasteiger partial charge on any atom is 0.229 e. The van der Waals surface area contributed by atoms with Crippen LogP contribution >= 0.6 is 11.3 Å². The zero-order valence-corrected chi connectivity index (χ0v) is 17.3. The van der Waals surface area contributed by atoms with Gasteiger partial charge in [0, 0.05) is 30.6 Å². The highest BCUT2D eigenvalue weighted by Gasteiger charge is 2.26. The standard InChI is InChI=1S/C20H19N9OS/c30-19(25-20-24-16(11-31-20)15-3-1-2-8-22-15)14-6-9-28(10-7-14)17-4-5-18(27-26-17)29-13-21-12-23-29/h1-5,8,11-14H,6-7,9-10H2,(H,24,25,30). The van der Waals surface area contributed by atoms with Crippen molar-refractivity contribution < 1.29 is 4.79 Å². The summed E-state index contributed by atoms with van der Waals surface area (Å²) in [7, 11) is 0. The summed E-state index contributed by atoms with van der Waals surface area (Å²) >= 11 is 1.41. The van der Waals surface area contributed by atoms with Crippen LogP contribution in [0, 0.1) is 5.92 Å². The summed E-state index contributed by atoms with van der Waals surface area (Å²) in [6.07, 6.45) is 6.26. The van der Waals surface area contributed by atoms with Gasteiger partial charge in [0.05, 0.1) is 5.69 Å². The second-order valence-electron chi connectivity index (χ2n) is 7.09. The number of anilines is 2. The molecule has 31 heavy (non-hydrogen) atoms. The lowest BCUT2D eigenvalue weighted by atomic mass is 9.96. The zero-order valence-electron chi connectivity index (χ0n) is 16.5. The Bertz CT molecular complexity index is 1140. The number of piperidine rings is 1. The number of carbonyl (C=O) groups excluding carboxylic acids is 1. The van der Waals surface area contributed by atoms with Crippen LogP contribution in [0.2, 0.25) is 0 Å². The highest BCUT2D eigenvalue weighted by molar-refractivity contribution is 7.14. The smallest absolute Gasteiger partial charge is 0.229 e. The van der Waals surface area contributed by atoms with E-state index in [4.69, 9.17) is 0 Å². The van der Waals surface area contributed by atoms with Crippen molar-refractivity contribution in [2.75, 3.05) is 23.3 Å². The summed E-state index contributed by atoms with van der Waals surface area (Å²) in [6.45, 7) is 1.49. The first-order chi connectivity index (χ1) is 15.3. The Kier molecular flexibility index (Phi) is 5.31. The van der Waals surface area contributed by atoms with E-state index < -0.39 is 0 Å². The predicted octanol–water partition coefficient (Wildman–Crippen LogP) is 2.43. The third kappa shape index (κ3) is 4.26. The first-order valence-corrected chi connectivity index (χ1v) is 10.8. The quantitative estimate of drug-likeness (QED) is 0.510. The number of carbonyl (C=O) groups is 1. The summed E-state index contributed by atoms with van der Waals surface area (Å²) in [5, 5.41) is 18.0. The van der Waals surface area contributed by atoms with Crippen molar-refractivity contribution in [2.45, 2.75) is 12.8 Å².